The topological polar surface area (TPSA) is 84.9 Å². The number of amides is 1. The molecule has 0 aliphatic carbocycles. The first kappa shape index (κ1) is 17.6. The van der Waals surface area contributed by atoms with Gasteiger partial charge in [-0.1, -0.05) is 12.2 Å². The minimum atomic E-state index is -1.08. The molecule has 6 nitrogen and oxygen atoms in total. The van der Waals surface area contributed by atoms with Gasteiger partial charge in [0.25, 0.3) is 5.91 Å². The van der Waals surface area contributed by atoms with Crippen LogP contribution in [0.25, 0.3) is 0 Å². The number of carboxylic acid groups (broad SMARTS) is 1. The molecule has 0 spiro atoms. The Labute approximate surface area is 129 Å². The van der Waals surface area contributed by atoms with E-state index in [-0.39, 0.29) is 6.42 Å². The molecule has 0 saturated heterocycles. The van der Waals surface area contributed by atoms with Crippen molar-refractivity contribution in [2.24, 2.45) is 0 Å². The van der Waals surface area contributed by atoms with Crippen molar-refractivity contribution in [3.05, 3.63) is 35.9 Å². The number of carbonyl (C=O) groups is 2. The van der Waals surface area contributed by atoms with Crippen molar-refractivity contribution >= 4 is 11.9 Å². The summed E-state index contributed by atoms with van der Waals surface area (Å²) in [6, 6.07) is 3.74. The Bertz CT molecular complexity index is 553. The fraction of sp³-hybridized carbons (Fsp3) is 0.375. The van der Waals surface area contributed by atoms with Gasteiger partial charge >= 0.3 is 5.97 Å². The lowest BCUT2D eigenvalue weighted by molar-refractivity contribution is -0.139. The van der Waals surface area contributed by atoms with Gasteiger partial charge in [-0.3, -0.25) is 4.79 Å². The zero-order valence-electron chi connectivity index (χ0n) is 13.0. The molecule has 6 heteroatoms. The van der Waals surface area contributed by atoms with Crippen molar-refractivity contribution in [2.45, 2.75) is 26.3 Å². The van der Waals surface area contributed by atoms with Crippen molar-refractivity contribution in [3.63, 3.8) is 0 Å². The fourth-order valence-electron chi connectivity index (χ4n) is 1.82. The first-order valence-electron chi connectivity index (χ1n) is 6.99. The molecule has 0 saturated carbocycles. The molecule has 1 unspecified atom stereocenters. The number of nitrogens with one attached hydrogen (secondary N) is 1. The van der Waals surface area contributed by atoms with E-state index in [0.717, 1.165) is 0 Å². The number of aliphatic carboxylic acids is 1. The van der Waals surface area contributed by atoms with E-state index in [1.165, 1.54) is 13.2 Å². The van der Waals surface area contributed by atoms with Crippen molar-refractivity contribution in [1.82, 2.24) is 5.32 Å². The maximum atomic E-state index is 12.2. The Hall–Kier alpha value is -2.50. The molecule has 22 heavy (non-hydrogen) atoms. The molecule has 1 atom stereocenters. The second kappa shape index (κ2) is 8.71. The summed E-state index contributed by atoms with van der Waals surface area (Å²) in [5, 5.41) is 11.6. The molecule has 1 rings (SSSR count). The van der Waals surface area contributed by atoms with E-state index in [1.54, 1.807) is 31.2 Å². The minimum absolute atomic E-state index is 0.228. The summed E-state index contributed by atoms with van der Waals surface area (Å²) in [5.74, 6) is -0.595. The van der Waals surface area contributed by atoms with E-state index < -0.39 is 17.9 Å². The molecule has 0 heterocycles. The quantitative estimate of drug-likeness (QED) is 0.720. The number of rotatable bonds is 8. The molecular weight excluding hydrogens is 286 g/mol. The highest BCUT2D eigenvalue weighted by molar-refractivity contribution is 5.97. The average molecular weight is 307 g/mol. The van der Waals surface area contributed by atoms with Crippen LogP contribution in [0, 0.1) is 0 Å². The van der Waals surface area contributed by atoms with Gasteiger partial charge in [0.05, 0.1) is 13.7 Å². The smallest absolute Gasteiger partial charge is 0.326 e. The number of methoxy groups -OCH3 is 1. The first-order chi connectivity index (χ1) is 10.5. The fourth-order valence-corrected chi connectivity index (χ4v) is 1.82. The first-order valence-corrected chi connectivity index (χ1v) is 6.99. The van der Waals surface area contributed by atoms with Crippen LogP contribution in [0.15, 0.2) is 30.4 Å². The van der Waals surface area contributed by atoms with E-state index in [0.29, 0.717) is 23.7 Å². The minimum Gasteiger partial charge on any atom is -0.493 e. The van der Waals surface area contributed by atoms with Crippen LogP contribution >= 0.6 is 0 Å². The Morgan fingerprint density at radius 3 is 2.64 bits per heavy atom. The summed E-state index contributed by atoms with van der Waals surface area (Å²) in [6.07, 6.45) is 3.66. The van der Waals surface area contributed by atoms with Gasteiger partial charge in [0, 0.05) is 5.56 Å². The van der Waals surface area contributed by atoms with E-state index in [2.05, 4.69) is 5.32 Å². The molecule has 120 valence electrons. The molecule has 1 aromatic carbocycles. The number of ether oxygens (including phenoxy) is 2. The molecule has 0 bridgehead atoms. The summed E-state index contributed by atoms with van der Waals surface area (Å²) in [4.78, 5) is 23.3. The van der Waals surface area contributed by atoms with Gasteiger partial charge in [-0.2, -0.15) is 0 Å². The van der Waals surface area contributed by atoms with E-state index in [1.807, 2.05) is 6.92 Å². The molecule has 0 aliphatic heterocycles. The molecule has 0 aliphatic rings. The van der Waals surface area contributed by atoms with Crippen molar-refractivity contribution in [3.8, 4) is 11.5 Å². The van der Waals surface area contributed by atoms with Crippen molar-refractivity contribution in [1.29, 1.82) is 0 Å². The largest absolute Gasteiger partial charge is 0.493 e. The Morgan fingerprint density at radius 2 is 2.09 bits per heavy atom. The molecule has 2 N–H and O–H groups in total. The van der Waals surface area contributed by atoms with Crippen LogP contribution in [0.5, 0.6) is 11.5 Å². The van der Waals surface area contributed by atoms with Crippen LogP contribution in [0.4, 0.5) is 0 Å². The third kappa shape index (κ3) is 4.80. The lowest BCUT2D eigenvalue weighted by Gasteiger charge is -2.14. The van der Waals surface area contributed by atoms with Gasteiger partial charge < -0.3 is 19.9 Å². The van der Waals surface area contributed by atoms with Gasteiger partial charge in [-0.05, 0) is 38.5 Å². The molecule has 1 aromatic rings. The monoisotopic (exact) mass is 307 g/mol. The second-order valence-electron chi connectivity index (χ2n) is 4.47. The van der Waals surface area contributed by atoms with Crippen LogP contribution in [0.3, 0.4) is 0 Å². The third-order valence-corrected chi connectivity index (χ3v) is 2.94. The number of hydrogen-bond donors (Lipinski definition) is 2. The molecule has 0 radical (unpaired) electrons. The van der Waals surface area contributed by atoms with Crippen LogP contribution in [-0.4, -0.2) is 36.7 Å². The predicted molar refractivity (Wildman–Crippen MR) is 82.5 cm³/mol. The molecular formula is C16H21NO5. The molecule has 0 fully saturated rings. The highest BCUT2D eigenvalue weighted by atomic mass is 16.5. The number of carboxylic acids is 1. The summed E-state index contributed by atoms with van der Waals surface area (Å²) < 4.78 is 10.5. The van der Waals surface area contributed by atoms with Crippen LogP contribution in [0.1, 0.15) is 30.6 Å². The summed E-state index contributed by atoms with van der Waals surface area (Å²) in [6.45, 7) is 4.11. The highest BCUT2D eigenvalue weighted by Gasteiger charge is 2.20. The number of benzene rings is 1. The van der Waals surface area contributed by atoms with Crippen molar-refractivity contribution in [2.75, 3.05) is 13.7 Å². The van der Waals surface area contributed by atoms with Crippen LogP contribution < -0.4 is 14.8 Å². The van der Waals surface area contributed by atoms with E-state index in [9.17, 15) is 9.59 Å². The number of carbonyl (C=O) groups excluding carboxylic acids is 1. The average Bonchev–Trinajstić information content (AvgIpc) is 2.51. The van der Waals surface area contributed by atoms with Gasteiger partial charge in [0.15, 0.2) is 11.5 Å². The van der Waals surface area contributed by atoms with Crippen LogP contribution in [0.2, 0.25) is 0 Å². The predicted octanol–water partition coefficient (Wildman–Crippen LogP) is 2.24. The maximum Gasteiger partial charge on any atom is 0.326 e. The van der Waals surface area contributed by atoms with Gasteiger partial charge in [0.1, 0.15) is 6.04 Å². The lowest BCUT2D eigenvalue weighted by atomic mass is 10.1. The third-order valence-electron chi connectivity index (χ3n) is 2.94. The Morgan fingerprint density at radius 1 is 1.36 bits per heavy atom. The zero-order valence-corrected chi connectivity index (χ0v) is 13.0. The van der Waals surface area contributed by atoms with Crippen molar-refractivity contribution < 1.29 is 24.2 Å². The number of hydrogen-bond acceptors (Lipinski definition) is 4. The standard InChI is InChI=1S/C16H21NO5/c1-4-6-7-12(16(19)20)17-15(18)11-8-9-13(22-5-2)14(10-11)21-3/h4,6,8-10,12H,5,7H2,1-3H3,(H,17,18)(H,19,20)/b6-4+. The normalized spacial score (nSPS) is 12.0. The SMILES string of the molecule is C/C=C/CC(NC(=O)c1ccc(OCC)c(OC)c1)C(=O)O. The van der Waals surface area contributed by atoms with Gasteiger partial charge in [0.2, 0.25) is 0 Å². The Balaban J connectivity index is 2.90. The zero-order chi connectivity index (χ0) is 16.5. The second-order valence-corrected chi connectivity index (χ2v) is 4.47. The lowest BCUT2D eigenvalue weighted by Crippen LogP contribution is -2.40. The molecule has 0 aromatic heterocycles. The van der Waals surface area contributed by atoms with E-state index >= 15 is 0 Å². The van der Waals surface area contributed by atoms with Crippen LogP contribution in [-0.2, 0) is 4.79 Å². The Kier molecular flexibility index (Phi) is 6.95. The maximum absolute atomic E-state index is 12.2. The summed E-state index contributed by atoms with van der Waals surface area (Å²) in [7, 11) is 1.48. The summed E-state index contributed by atoms with van der Waals surface area (Å²) in [5.41, 5.74) is 0.312. The summed E-state index contributed by atoms with van der Waals surface area (Å²) >= 11 is 0. The highest BCUT2D eigenvalue weighted by Crippen LogP contribution is 2.28. The van der Waals surface area contributed by atoms with Gasteiger partial charge in [-0.25, -0.2) is 4.79 Å². The van der Waals surface area contributed by atoms with E-state index in [4.69, 9.17) is 14.6 Å². The van der Waals surface area contributed by atoms with Gasteiger partial charge in [-0.15, -0.1) is 0 Å². The molecule has 1 amide bonds. The number of allylic oxidation sites excluding steroid dienone is 1.